The summed E-state index contributed by atoms with van der Waals surface area (Å²) in [6.45, 7) is 12.0. The highest BCUT2D eigenvalue weighted by molar-refractivity contribution is 5.76. The number of carbonyl (C=O) groups excluding carboxylic acids is 4. The summed E-state index contributed by atoms with van der Waals surface area (Å²) in [4.78, 5) is 50.0. The fourth-order valence-corrected chi connectivity index (χ4v) is 9.98. The summed E-state index contributed by atoms with van der Waals surface area (Å²) in [7, 11) is 0. The van der Waals surface area contributed by atoms with Crippen molar-refractivity contribution in [1.82, 2.24) is 0 Å². The third-order valence-corrected chi connectivity index (χ3v) is 13.7. The molecular formula is C45H82O8. The summed E-state index contributed by atoms with van der Waals surface area (Å²) < 4.78 is 23.6. The van der Waals surface area contributed by atoms with E-state index in [1.165, 1.54) is 12.8 Å². The van der Waals surface area contributed by atoms with Crippen LogP contribution in [0.4, 0.5) is 0 Å². The standard InChI is InChI=1S/C21H34O4.C20H32O4.4CH4/c1-4-14(3)19(22)24-18-13-15-11-16(18)17(12-15)20(23)25-21(5-2)9-7-6-8-10-21;1-4-13(2)18(21)23-17-12-14-10-15(17)16(11-14)19(22)24-20(3)8-6-5-7-9-20;;;;/h14-18H,4-13H2,1-3H3;13-17H,4-12H2,1-3H3;4*1H4. The van der Waals surface area contributed by atoms with Gasteiger partial charge in [-0.25, -0.2) is 0 Å². The Hall–Kier alpha value is -2.12. The Kier molecular flexibility index (Phi) is 19.6. The molecule has 10 atom stereocenters. The summed E-state index contributed by atoms with van der Waals surface area (Å²) in [5.74, 6) is 0.817. The number of hydrogen-bond acceptors (Lipinski definition) is 8. The molecule has 6 saturated carbocycles. The number of fused-ring (bicyclic) bond motifs is 4. The van der Waals surface area contributed by atoms with Gasteiger partial charge in [0.15, 0.2) is 0 Å². The first-order valence-corrected chi connectivity index (χ1v) is 20.3. The minimum absolute atomic E-state index is 0. The van der Waals surface area contributed by atoms with Crippen molar-refractivity contribution in [2.24, 2.45) is 47.3 Å². The average Bonchev–Trinajstić information content (AvgIpc) is 3.90. The van der Waals surface area contributed by atoms with Crippen molar-refractivity contribution in [3.8, 4) is 0 Å². The molecular weight excluding hydrogens is 668 g/mol. The summed E-state index contributed by atoms with van der Waals surface area (Å²) in [5, 5.41) is 0. The molecule has 0 N–H and O–H groups in total. The number of hydrogen-bond donors (Lipinski definition) is 0. The molecule has 6 fully saturated rings. The van der Waals surface area contributed by atoms with E-state index in [9.17, 15) is 19.2 Å². The molecule has 0 aliphatic heterocycles. The zero-order valence-corrected chi connectivity index (χ0v) is 31.5. The Balaban J connectivity index is 0.000000493. The van der Waals surface area contributed by atoms with Gasteiger partial charge in [0.1, 0.15) is 23.4 Å². The lowest BCUT2D eigenvalue weighted by Gasteiger charge is -2.38. The van der Waals surface area contributed by atoms with E-state index in [0.29, 0.717) is 11.8 Å². The zero-order valence-electron chi connectivity index (χ0n) is 31.5. The van der Waals surface area contributed by atoms with Crippen molar-refractivity contribution >= 4 is 23.9 Å². The summed E-state index contributed by atoms with van der Waals surface area (Å²) in [5.41, 5.74) is -0.514. The van der Waals surface area contributed by atoms with Crippen LogP contribution in [0.3, 0.4) is 0 Å². The second-order valence-electron chi connectivity index (χ2n) is 17.2. The van der Waals surface area contributed by atoms with Crippen molar-refractivity contribution in [1.29, 1.82) is 0 Å². The molecule has 6 aliphatic rings. The first-order chi connectivity index (χ1) is 23.4. The van der Waals surface area contributed by atoms with Gasteiger partial charge < -0.3 is 18.9 Å². The molecule has 0 spiro atoms. The zero-order chi connectivity index (χ0) is 35.3. The first kappa shape index (κ1) is 48.9. The SMILES string of the molecule is C.C.C.C.CCC(C)C(=O)OC1CC2CC(C(=O)OC3(C)CCCCC3)C1C2.CCC(C)C(=O)OC1CC2CC(C(=O)OC3(CC)CCCCC3)C1C2. The van der Waals surface area contributed by atoms with Gasteiger partial charge in [0.25, 0.3) is 0 Å². The van der Waals surface area contributed by atoms with E-state index in [1.807, 2.05) is 27.7 Å². The molecule has 310 valence electrons. The van der Waals surface area contributed by atoms with E-state index in [0.717, 1.165) is 109 Å². The molecule has 0 amide bonds. The highest BCUT2D eigenvalue weighted by Crippen LogP contribution is 2.52. The Morgan fingerprint density at radius 1 is 0.566 bits per heavy atom. The molecule has 0 saturated heterocycles. The van der Waals surface area contributed by atoms with Crippen molar-refractivity contribution in [2.45, 2.75) is 217 Å². The largest absolute Gasteiger partial charge is 0.462 e. The normalized spacial score (nSPS) is 32.3. The Morgan fingerprint density at radius 3 is 1.34 bits per heavy atom. The van der Waals surface area contributed by atoms with E-state index in [1.54, 1.807) is 0 Å². The van der Waals surface area contributed by atoms with Crippen LogP contribution in [0.5, 0.6) is 0 Å². The lowest BCUT2D eigenvalue weighted by molar-refractivity contribution is -0.176. The van der Waals surface area contributed by atoms with Gasteiger partial charge in [-0.15, -0.1) is 0 Å². The van der Waals surface area contributed by atoms with Crippen LogP contribution in [0.15, 0.2) is 0 Å². The molecule has 8 nitrogen and oxygen atoms in total. The molecule has 0 heterocycles. The monoisotopic (exact) mass is 751 g/mol. The fraction of sp³-hybridized carbons (Fsp3) is 0.911. The van der Waals surface area contributed by atoms with Crippen molar-refractivity contribution in [2.75, 3.05) is 0 Å². The molecule has 6 rings (SSSR count). The van der Waals surface area contributed by atoms with Crippen molar-refractivity contribution < 1.29 is 38.1 Å². The number of ether oxygens (including phenoxy) is 4. The summed E-state index contributed by atoms with van der Waals surface area (Å²) >= 11 is 0. The molecule has 53 heavy (non-hydrogen) atoms. The molecule has 6 aliphatic carbocycles. The number of rotatable bonds is 11. The third kappa shape index (κ3) is 11.7. The van der Waals surface area contributed by atoms with Crippen LogP contribution in [0.1, 0.15) is 193 Å². The maximum absolute atomic E-state index is 12.9. The van der Waals surface area contributed by atoms with Crippen LogP contribution in [0, 0.1) is 47.3 Å². The number of carbonyl (C=O) groups is 4. The van der Waals surface area contributed by atoms with Crippen LogP contribution in [0.25, 0.3) is 0 Å². The van der Waals surface area contributed by atoms with E-state index < -0.39 is 0 Å². The van der Waals surface area contributed by atoms with E-state index in [4.69, 9.17) is 18.9 Å². The lowest BCUT2D eigenvalue weighted by atomic mass is 9.82. The van der Waals surface area contributed by atoms with Gasteiger partial charge in [-0.2, -0.15) is 0 Å². The number of esters is 4. The van der Waals surface area contributed by atoms with Gasteiger partial charge in [0, 0.05) is 11.8 Å². The van der Waals surface area contributed by atoms with E-state index in [-0.39, 0.29) is 113 Å². The van der Waals surface area contributed by atoms with Gasteiger partial charge >= 0.3 is 23.9 Å². The molecule has 0 aromatic carbocycles. The predicted octanol–water partition coefficient (Wildman–Crippen LogP) is 11.4. The molecule has 0 aromatic heterocycles. The highest BCUT2D eigenvalue weighted by atomic mass is 16.6. The molecule has 0 radical (unpaired) electrons. The summed E-state index contributed by atoms with van der Waals surface area (Å²) in [6, 6.07) is 0. The second kappa shape index (κ2) is 21.3. The van der Waals surface area contributed by atoms with Gasteiger partial charge in [-0.3, -0.25) is 19.2 Å². The maximum Gasteiger partial charge on any atom is 0.309 e. The molecule has 0 aromatic rings. The van der Waals surface area contributed by atoms with Gasteiger partial charge in [0.2, 0.25) is 0 Å². The second-order valence-corrected chi connectivity index (χ2v) is 17.2. The summed E-state index contributed by atoms with van der Waals surface area (Å²) in [6.07, 6.45) is 19.1. The first-order valence-electron chi connectivity index (χ1n) is 20.3. The predicted molar refractivity (Wildman–Crippen MR) is 214 cm³/mol. The van der Waals surface area contributed by atoms with Gasteiger partial charge in [0.05, 0.1) is 23.7 Å². The minimum Gasteiger partial charge on any atom is -0.462 e. The molecule has 8 heteroatoms. The quantitative estimate of drug-likeness (QED) is 0.152. The Labute approximate surface area is 325 Å². The third-order valence-electron chi connectivity index (χ3n) is 13.7. The molecule has 4 bridgehead atoms. The fourth-order valence-electron chi connectivity index (χ4n) is 9.98. The van der Waals surface area contributed by atoms with Crippen LogP contribution in [-0.2, 0) is 38.1 Å². The van der Waals surface area contributed by atoms with Crippen LogP contribution >= 0.6 is 0 Å². The Morgan fingerprint density at radius 2 is 0.962 bits per heavy atom. The van der Waals surface area contributed by atoms with Crippen molar-refractivity contribution in [3.63, 3.8) is 0 Å². The van der Waals surface area contributed by atoms with Gasteiger partial charge in [-0.1, -0.05) is 77.2 Å². The maximum atomic E-state index is 12.9. The van der Waals surface area contributed by atoms with E-state index in [2.05, 4.69) is 13.8 Å². The highest BCUT2D eigenvalue weighted by Gasteiger charge is 2.54. The average molecular weight is 751 g/mol. The molecule has 10 unspecified atom stereocenters. The van der Waals surface area contributed by atoms with Crippen molar-refractivity contribution in [3.05, 3.63) is 0 Å². The lowest BCUT2D eigenvalue weighted by Crippen LogP contribution is -2.41. The minimum atomic E-state index is -0.278. The van der Waals surface area contributed by atoms with Crippen LogP contribution in [-0.4, -0.2) is 47.3 Å². The van der Waals surface area contributed by atoms with Crippen LogP contribution < -0.4 is 0 Å². The topological polar surface area (TPSA) is 105 Å². The smallest absolute Gasteiger partial charge is 0.309 e. The van der Waals surface area contributed by atoms with Crippen LogP contribution in [0.2, 0.25) is 0 Å². The van der Waals surface area contributed by atoms with E-state index >= 15 is 0 Å². The Bertz CT molecular complexity index is 1150. The van der Waals surface area contributed by atoms with Gasteiger partial charge in [-0.05, 0) is 128 Å².